The molecule has 3 aliphatic rings. The summed E-state index contributed by atoms with van der Waals surface area (Å²) in [6, 6.07) is 8.61. The van der Waals surface area contributed by atoms with E-state index in [9.17, 15) is 0 Å². The predicted octanol–water partition coefficient (Wildman–Crippen LogP) is 5.00. The van der Waals surface area contributed by atoms with Crippen LogP contribution in [-0.2, 0) is 11.3 Å². The molecule has 2 saturated carbocycles. The minimum atomic E-state index is -0.344. The van der Waals surface area contributed by atoms with Crippen molar-refractivity contribution in [2.45, 2.75) is 70.4 Å². The monoisotopic (exact) mass is 419 g/mol. The van der Waals surface area contributed by atoms with Gasteiger partial charge in [-0.05, 0) is 68.6 Å². The van der Waals surface area contributed by atoms with Crippen LogP contribution in [0.15, 0.2) is 35.1 Å². The SMILES string of the molecule is Cc1ccc2ncn(CC3(C)CCC[C@]4(CN(c5cc(C6CC6)no5)C(=N)O4)C3)c2c1. The highest BCUT2D eigenvalue weighted by Gasteiger charge is 2.51. The predicted molar refractivity (Wildman–Crippen MR) is 118 cm³/mol. The van der Waals surface area contributed by atoms with Crippen LogP contribution in [-0.4, -0.2) is 32.9 Å². The summed E-state index contributed by atoms with van der Waals surface area (Å²) in [5.74, 6) is 1.18. The highest BCUT2D eigenvalue weighted by atomic mass is 16.5. The molecule has 3 fully saturated rings. The fraction of sp³-hybridized carbons (Fsp3) is 0.542. The van der Waals surface area contributed by atoms with Gasteiger partial charge in [-0.3, -0.25) is 10.3 Å². The normalized spacial score (nSPS) is 28.6. The average Bonchev–Trinajstić information content (AvgIpc) is 3.21. The number of amidine groups is 1. The summed E-state index contributed by atoms with van der Waals surface area (Å²) in [5.41, 5.74) is 4.23. The van der Waals surface area contributed by atoms with Gasteiger partial charge in [0.15, 0.2) is 0 Å². The number of hydrogen-bond donors (Lipinski definition) is 1. The van der Waals surface area contributed by atoms with Crippen molar-refractivity contribution in [1.82, 2.24) is 14.7 Å². The van der Waals surface area contributed by atoms with E-state index in [1.807, 2.05) is 17.3 Å². The van der Waals surface area contributed by atoms with Crippen LogP contribution in [0.5, 0.6) is 0 Å². The van der Waals surface area contributed by atoms with Gasteiger partial charge in [0.05, 0.1) is 29.6 Å². The first-order valence-electron chi connectivity index (χ1n) is 11.4. The third-order valence-electron chi connectivity index (χ3n) is 7.27. The maximum Gasteiger partial charge on any atom is 0.292 e. The molecular formula is C24H29N5O2. The Balaban J connectivity index is 1.23. The topological polar surface area (TPSA) is 80.2 Å². The molecule has 2 aromatic heterocycles. The van der Waals surface area contributed by atoms with Crippen molar-refractivity contribution in [3.8, 4) is 0 Å². The molecule has 1 aliphatic heterocycles. The van der Waals surface area contributed by atoms with Crippen LogP contribution < -0.4 is 4.90 Å². The number of fused-ring (bicyclic) bond motifs is 1. The van der Waals surface area contributed by atoms with Gasteiger partial charge < -0.3 is 13.8 Å². The van der Waals surface area contributed by atoms with Crippen molar-refractivity contribution in [3.63, 3.8) is 0 Å². The van der Waals surface area contributed by atoms with Crippen molar-refractivity contribution in [3.05, 3.63) is 41.9 Å². The van der Waals surface area contributed by atoms with Gasteiger partial charge in [-0.2, -0.15) is 0 Å². The molecular weight excluding hydrogens is 390 g/mol. The van der Waals surface area contributed by atoms with Crippen LogP contribution in [0, 0.1) is 17.7 Å². The van der Waals surface area contributed by atoms with Gasteiger partial charge in [-0.15, -0.1) is 0 Å². The number of nitrogens with zero attached hydrogens (tertiary/aromatic N) is 4. The van der Waals surface area contributed by atoms with Gasteiger partial charge >= 0.3 is 0 Å². The number of aryl methyl sites for hydroxylation is 1. The molecule has 2 atom stereocenters. The van der Waals surface area contributed by atoms with Crippen molar-refractivity contribution in [2.75, 3.05) is 11.4 Å². The van der Waals surface area contributed by atoms with Crippen molar-refractivity contribution in [2.24, 2.45) is 5.41 Å². The lowest BCUT2D eigenvalue weighted by molar-refractivity contribution is -0.0131. The Morgan fingerprint density at radius 2 is 2.10 bits per heavy atom. The number of nitrogens with one attached hydrogen (secondary N) is 1. The number of benzene rings is 1. The van der Waals surface area contributed by atoms with Gasteiger partial charge in [-0.25, -0.2) is 4.98 Å². The van der Waals surface area contributed by atoms with Crippen molar-refractivity contribution in [1.29, 1.82) is 5.41 Å². The van der Waals surface area contributed by atoms with E-state index in [2.05, 4.69) is 46.8 Å². The molecule has 31 heavy (non-hydrogen) atoms. The summed E-state index contributed by atoms with van der Waals surface area (Å²) in [5, 5.41) is 12.7. The zero-order valence-electron chi connectivity index (χ0n) is 18.2. The summed E-state index contributed by atoms with van der Waals surface area (Å²) in [6.45, 7) is 6.04. The lowest BCUT2D eigenvalue weighted by Crippen LogP contribution is -2.45. The second-order valence-corrected chi connectivity index (χ2v) is 10.2. The van der Waals surface area contributed by atoms with Crippen LogP contribution in [0.1, 0.15) is 62.6 Å². The molecule has 1 saturated heterocycles. The van der Waals surface area contributed by atoms with E-state index in [0.29, 0.717) is 18.3 Å². The standard InChI is InChI=1S/C24H29N5O2/c1-16-4-7-18-20(10-16)28(15-26-18)13-23(2)8-3-9-24(12-23)14-29(22(25)30-24)21-11-19(27-31-21)17-5-6-17/h4,7,10-11,15,17,25H,3,5-6,8-9,12-14H2,1-2H3/t23?,24-/m1/s1. The van der Waals surface area contributed by atoms with Crippen LogP contribution in [0.25, 0.3) is 11.0 Å². The van der Waals surface area contributed by atoms with E-state index in [-0.39, 0.29) is 17.0 Å². The Morgan fingerprint density at radius 1 is 1.23 bits per heavy atom. The number of anilines is 1. The molecule has 1 unspecified atom stereocenters. The van der Waals surface area contributed by atoms with Crippen LogP contribution in [0.3, 0.4) is 0 Å². The number of rotatable bonds is 4. The lowest BCUT2D eigenvalue weighted by Gasteiger charge is -2.43. The summed E-state index contributed by atoms with van der Waals surface area (Å²) in [4.78, 5) is 6.46. The first-order chi connectivity index (χ1) is 14.9. The van der Waals surface area contributed by atoms with Gasteiger partial charge in [-0.1, -0.05) is 18.1 Å². The average molecular weight is 420 g/mol. The molecule has 1 aromatic carbocycles. The molecule has 7 nitrogen and oxygen atoms in total. The van der Waals surface area contributed by atoms with E-state index in [4.69, 9.17) is 14.7 Å². The maximum absolute atomic E-state index is 8.50. The summed E-state index contributed by atoms with van der Waals surface area (Å²) in [6.07, 6.45) is 8.45. The van der Waals surface area contributed by atoms with Crippen molar-refractivity contribution < 1.29 is 9.26 Å². The molecule has 2 aliphatic carbocycles. The number of aromatic nitrogens is 3. The largest absolute Gasteiger partial charge is 0.456 e. The molecule has 3 aromatic rings. The minimum Gasteiger partial charge on any atom is -0.456 e. The van der Waals surface area contributed by atoms with Crippen LogP contribution in [0.4, 0.5) is 5.88 Å². The Labute approximate surface area is 181 Å². The summed E-state index contributed by atoms with van der Waals surface area (Å²) >= 11 is 0. The van der Waals surface area contributed by atoms with E-state index >= 15 is 0 Å². The fourth-order valence-corrected chi connectivity index (χ4v) is 5.66. The second-order valence-electron chi connectivity index (χ2n) is 10.2. The first-order valence-corrected chi connectivity index (χ1v) is 11.4. The molecule has 162 valence electrons. The zero-order chi connectivity index (χ0) is 21.2. The number of hydrogen-bond acceptors (Lipinski definition) is 5. The number of imidazole rings is 1. The van der Waals surface area contributed by atoms with Gasteiger partial charge in [0, 0.05) is 18.5 Å². The Kier molecular flexibility index (Phi) is 4.01. The van der Waals surface area contributed by atoms with Crippen LogP contribution in [0.2, 0.25) is 0 Å². The Hall–Kier alpha value is -2.83. The Morgan fingerprint density at radius 3 is 2.94 bits per heavy atom. The molecule has 1 spiro atoms. The molecule has 0 bridgehead atoms. The van der Waals surface area contributed by atoms with Gasteiger partial charge in [0.1, 0.15) is 5.60 Å². The highest BCUT2D eigenvalue weighted by Crippen LogP contribution is 2.48. The highest BCUT2D eigenvalue weighted by molar-refractivity contribution is 5.90. The molecule has 0 amide bonds. The lowest BCUT2D eigenvalue weighted by atomic mass is 9.68. The first kappa shape index (κ1) is 18.9. The summed E-state index contributed by atoms with van der Waals surface area (Å²) in [7, 11) is 0. The smallest absolute Gasteiger partial charge is 0.292 e. The minimum absolute atomic E-state index is 0.0759. The maximum atomic E-state index is 8.50. The Bertz CT molecular complexity index is 1160. The van der Waals surface area contributed by atoms with E-state index < -0.39 is 0 Å². The third kappa shape index (κ3) is 3.30. The molecule has 3 heterocycles. The quantitative estimate of drug-likeness (QED) is 0.644. The third-order valence-corrected chi connectivity index (χ3v) is 7.27. The zero-order valence-corrected chi connectivity index (χ0v) is 18.2. The van der Waals surface area contributed by atoms with E-state index in [1.165, 1.54) is 23.9 Å². The fourth-order valence-electron chi connectivity index (χ4n) is 5.66. The molecule has 7 heteroatoms. The molecule has 6 rings (SSSR count). The van der Waals surface area contributed by atoms with Crippen molar-refractivity contribution >= 4 is 22.9 Å². The van der Waals surface area contributed by atoms with Gasteiger partial charge in [0.2, 0.25) is 5.88 Å². The van der Waals surface area contributed by atoms with E-state index in [0.717, 1.165) is 43.4 Å². The van der Waals surface area contributed by atoms with Crippen LogP contribution >= 0.6 is 0 Å². The summed E-state index contributed by atoms with van der Waals surface area (Å²) < 4.78 is 14.1. The van der Waals surface area contributed by atoms with E-state index in [1.54, 1.807) is 0 Å². The van der Waals surface area contributed by atoms with Gasteiger partial charge in [0.25, 0.3) is 6.02 Å². The number of ether oxygens (including phenoxy) is 1. The molecule has 1 N–H and O–H groups in total. The second kappa shape index (κ2) is 6.58. The molecule has 0 radical (unpaired) electrons.